The zero-order valence-corrected chi connectivity index (χ0v) is 12.7. The number of nitrogens with zero attached hydrogens (tertiary/aromatic N) is 2. The zero-order chi connectivity index (χ0) is 15.4. The highest BCUT2D eigenvalue weighted by Crippen LogP contribution is 2.42. The highest BCUT2D eigenvalue weighted by molar-refractivity contribution is 5.88. The summed E-state index contributed by atoms with van der Waals surface area (Å²) in [5.74, 6) is 1.44. The van der Waals surface area contributed by atoms with E-state index in [1.807, 2.05) is 12.1 Å². The number of nitrogens with one attached hydrogen (secondary N) is 1. The van der Waals surface area contributed by atoms with Gasteiger partial charge in [-0.1, -0.05) is 0 Å². The lowest BCUT2D eigenvalue weighted by molar-refractivity contribution is -0.150. The summed E-state index contributed by atoms with van der Waals surface area (Å²) < 4.78 is 18.2. The van der Waals surface area contributed by atoms with Gasteiger partial charge in [-0.3, -0.25) is 10.3 Å². The number of fused-ring (bicyclic) bond motifs is 3. The normalized spacial score (nSPS) is 34.6. The predicted octanol–water partition coefficient (Wildman–Crippen LogP) is 2.99. The first-order chi connectivity index (χ1) is 11.2. The van der Waals surface area contributed by atoms with Crippen molar-refractivity contribution in [2.45, 2.75) is 24.9 Å². The van der Waals surface area contributed by atoms with Gasteiger partial charge >= 0.3 is 0 Å². The summed E-state index contributed by atoms with van der Waals surface area (Å²) in [5.41, 5.74) is 4.15. The van der Waals surface area contributed by atoms with Crippen LogP contribution in [0.3, 0.4) is 0 Å². The lowest BCUT2D eigenvalue weighted by Crippen LogP contribution is -2.59. The molecule has 2 bridgehead atoms. The van der Waals surface area contributed by atoms with Crippen LogP contribution in [0, 0.1) is 11.9 Å². The fraction of sp³-hybridized carbons (Fsp3) is 0.471. The van der Waals surface area contributed by atoms with Crippen LogP contribution in [0.25, 0.3) is 11.0 Å². The summed E-state index contributed by atoms with van der Waals surface area (Å²) in [5, 5.41) is 0.746. The van der Waals surface area contributed by atoms with Crippen LogP contribution in [0.2, 0.25) is 0 Å². The number of rotatable bonds is 1. The molecular weight excluding hydrogens is 297 g/mol. The summed E-state index contributed by atoms with van der Waals surface area (Å²) in [7, 11) is 0. The summed E-state index contributed by atoms with van der Waals surface area (Å²) in [6.45, 7) is 3.35. The Balaban J connectivity index is 1.42. The second kappa shape index (κ2) is 4.79. The monoisotopic (exact) mass is 315 g/mol. The molecule has 6 rings (SSSR count). The van der Waals surface area contributed by atoms with Crippen LogP contribution >= 0.6 is 0 Å². The molecule has 1 N–H and O–H groups in total. The van der Waals surface area contributed by atoms with Gasteiger partial charge in [0, 0.05) is 30.5 Å². The van der Waals surface area contributed by atoms with E-state index >= 15 is 0 Å². The third-order valence-electron chi connectivity index (χ3n) is 5.40. The fourth-order valence-electron chi connectivity index (χ4n) is 4.23. The van der Waals surface area contributed by atoms with E-state index in [2.05, 4.69) is 15.4 Å². The molecule has 1 spiro atoms. The molecule has 0 saturated carbocycles. The van der Waals surface area contributed by atoms with Gasteiger partial charge in [0.2, 0.25) is 0 Å². The maximum atomic E-state index is 13.1. The van der Waals surface area contributed by atoms with Crippen molar-refractivity contribution in [3.8, 4) is 0 Å². The van der Waals surface area contributed by atoms with Gasteiger partial charge in [-0.15, -0.1) is 0 Å². The van der Waals surface area contributed by atoms with Crippen LogP contribution in [0.4, 0.5) is 10.1 Å². The predicted molar refractivity (Wildman–Crippen MR) is 84.0 cm³/mol. The Kier molecular flexibility index (Phi) is 2.81. The van der Waals surface area contributed by atoms with Crippen LogP contribution in [0.1, 0.15) is 19.3 Å². The van der Waals surface area contributed by atoms with Crippen LogP contribution < -0.4 is 5.48 Å². The first kappa shape index (κ1) is 13.5. The molecular formula is C17H18FN3O2. The summed E-state index contributed by atoms with van der Waals surface area (Å²) in [4.78, 5) is 13.1. The quantitative estimate of drug-likeness (QED) is 0.879. The molecule has 1 unspecified atom stereocenters. The van der Waals surface area contributed by atoms with Gasteiger partial charge in [-0.05, 0) is 44.0 Å². The highest BCUT2D eigenvalue weighted by atomic mass is 19.1. The molecule has 1 aromatic heterocycles. The average molecular weight is 315 g/mol. The third kappa shape index (κ3) is 2.16. The van der Waals surface area contributed by atoms with Gasteiger partial charge in [-0.2, -0.15) is 4.39 Å². The minimum atomic E-state index is -0.571. The van der Waals surface area contributed by atoms with E-state index in [-0.39, 0.29) is 5.60 Å². The Morgan fingerprint density at radius 1 is 1.26 bits per heavy atom. The topological polar surface area (TPSA) is 50.0 Å². The van der Waals surface area contributed by atoms with Crippen molar-refractivity contribution in [2.24, 2.45) is 10.9 Å². The van der Waals surface area contributed by atoms with E-state index in [9.17, 15) is 4.39 Å². The van der Waals surface area contributed by atoms with Crippen LogP contribution in [-0.2, 0) is 4.84 Å². The second-order valence-corrected chi connectivity index (χ2v) is 6.83. The maximum Gasteiger partial charge on any atom is 0.278 e. The summed E-state index contributed by atoms with van der Waals surface area (Å²) in [6, 6.07) is 6.26. The zero-order valence-electron chi connectivity index (χ0n) is 12.7. The minimum Gasteiger partial charge on any atom is -0.431 e. The number of piperidine rings is 3. The van der Waals surface area contributed by atoms with Gasteiger partial charge in [-0.25, -0.2) is 4.99 Å². The molecule has 2 aromatic rings. The van der Waals surface area contributed by atoms with Crippen molar-refractivity contribution in [3.63, 3.8) is 0 Å². The average Bonchev–Trinajstić information content (AvgIpc) is 3.11. The number of amidine groups is 1. The molecule has 4 saturated heterocycles. The second-order valence-electron chi connectivity index (χ2n) is 6.83. The van der Waals surface area contributed by atoms with Gasteiger partial charge in [0.25, 0.3) is 6.01 Å². The number of halogens is 1. The number of furan rings is 1. The summed E-state index contributed by atoms with van der Waals surface area (Å²) in [6.07, 6.45) is 3.21. The lowest BCUT2D eigenvalue weighted by Gasteiger charge is -2.49. The third-order valence-corrected chi connectivity index (χ3v) is 5.40. The van der Waals surface area contributed by atoms with E-state index in [4.69, 9.17) is 9.25 Å². The van der Waals surface area contributed by atoms with Crippen molar-refractivity contribution in [1.82, 2.24) is 10.4 Å². The van der Waals surface area contributed by atoms with Crippen molar-refractivity contribution in [3.05, 3.63) is 30.3 Å². The van der Waals surface area contributed by atoms with E-state index in [0.29, 0.717) is 11.5 Å². The molecule has 120 valence electrons. The minimum absolute atomic E-state index is 0.129. The van der Waals surface area contributed by atoms with Gasteiger partial charge in [0.1, 0.15) is 17.0 Å². The molecule has 5 nitrogen and oxygen atoms in total. The van der Waals surface area contributed by atoms with Crippen molar-refractivity contribution in [2.75, 3.05) is 19.6 Å². The number of benzene rings is 1. The van der Waals surface area contributed by atoms with Crippen LogP contribution in [-0.4, -0.2) is 36.0 Å². The number of hydrogen-bond donors (Lipinski definition) is 1. The molecule has 1 aromatic carbocycles. The lowest BCUT2D eigenvalue weighted by atomic mass is 9.74. The Morgan fingerprint density at radius 2 is 2.13 bits per heavy atom. The van der Waals surface area contributed by atoms with Crippen molar-refractivity contribution in [1.29, 1.82) is 0 Å². The van der Waals surface area contributed by atoms with E-state index in [1.54, 1.807) is 6.07 Å². The van der Waals surface area contributed by atoms with Gasteiger partial charge < -0.3 is 9.32 Å². The number of hydrogen-bond acceptors (Lipinski definition) is 4. The summed E-state index contributed by atoms with van der Waals surface area (Å²) >= 11 is 0. The smallest absolute Gasteiger partial charge is 0.278 e. The first-order valence-electron chi connectivity index (χ1n) is 8.13. The molecule has 6 heteroatoms. The Labute approximate surface area is 133 Å². The van der Waals surface area contributed by atoms with E-state index < -0.39 is 6.01 Å². The molecule has 4 aliphatic rings. The first-order valence-corrected chi connectivity index (χ1v) is 8.13. The van der Waals surface area contributed by atoms with Crippen molar-refractivity contribution >= 4 is 22.5 Å². The standard InChI is InChI=1S/C17H18FN3O2/c18-15-7-11-1-2-13(8-14(11)22-15)19-16-9-17(23-20-16)10-21-5-3-12(17)4-6-21/h1-2,7-8,12H,3-6,9-10H2,(H,19,20). The molecule has 23 heavy (non-hydrogen) atoms. The van der Waals surface area contributed by atoms with E-state index in [0.717, 1.165) is 29.9 Å². The Bertz CT molecular complexity index is 794. The highest BCUT2D eigenvalue weighted by Gasteiger charge is 2.52. The van der Waals surface area contributed by atoms with Gasteiger partial charge in [0.15, 0.2) is 0 Å². The van der Waals surface area contributed by atoms with Crippen LogP contribution in [0.15, 0.2) is 33.7 Å². The molecule has 0 aliphatic carbocycles. The SMILES string of the molecule is Fc1cc2ccc(N=C3CC4(CN5CCC4CC5)ON3)cc2o1. The molecule has 1 atom stereocenters. The Morgan fingerprint density at radius 3 is 2.91 bits per heavy atom. The Hall–Kier alpha value is -1.92. The fourth-order valence-corrected chi connectivity index (χ4v) is 4.23. The number of hydroxylamine groups is 1. The van der Waals surface area contributed by atoms with Crippen LogP contribution in [0.5, 0.6) is 0 Å². The maximum absolute atomic E-state index is 13.1. The largest absolute Gasteiger partial charge is 0.431 e. The molecule has 0 radical (unpaired) electrons. The van der Waals surface area contributed by atoms with E-state index in [1.165, 1.54) is 32.0 Å². The molecule has 4 fully saturated rings. The van der Waals surface area contributed by atoms with Gasteiger partial charge in [0.05, 0.1) is 5.69 Å². The molecule has 5 heterocycles. The van der Waals surface area contributed by atoms with Crippen molar-refractivity contribution < 1.29 is 13.6 Å². The molecule has 0 amide bonds. The number of aliphatic imine (C=N–C) groups is 1. The molecule has 4 aliphatic heterocycles.